The average molecular weight is 499 g/mol. The molecule has 1 amide bonds. The van der Waals surface area contributed by atoms with Crippen LogP contribution in [-0.4, -0.2) is 27.5 Å². The van der Waals surface area contributed by atoms with Crippen molar-refractivity contribution < 1.29 is 31.1 Å². The first kappa shape index (κ1) is 24.6. The highest BCUT2D eigenvalue weighted by molar-refractivity contribution is 7.89. The Bertz CT molecular complexity index is 1270. The Labute approximate surface area is 193 Å². The van der Waals surface area contributed by atoms with Gasteiger partial charge in [0, 0.05) is 0 Å². The summed E-state index contributed by atoms with van der Waals surface area (Å²) < 4.78 is 73.9. The molecule has 0 saturated carbocycles. The molecule has 0 radical (unpaired) electrons. The van der Waals surface area contributed by atoms with Crippen molar-refractivity contribution in [3.63, 3.8) is 0 Å². The highest BCUT2D eigenvalue weighted by Gasteiger charge is 2.28. The molecule has 174 valence electrons. The molecule has 0 spiro atoms. The van der Waals surface area contributed by atoms with Crippen molar-refractivity contribution in [1.82, 2.24) is 4.72 Å². The molecule has 0 aliphatic heterocycles. The van der Waals surface area contributed by atoms with Crippen LogP contribution in [0, 0.1) is 17.5 Å². The van der Waals surface area contributed by atoms with Gasteiger partial charge < -0.3 is 10.1 Å². The minimum absolute atomic E-state index is 0.0355. The fourth-order valence-corrected chi connectivity index (χ4v) is 4.49. The molecule has 3 rings (SSSR count). The molecule has 0 heterocycles. The van der Waals surface area contributed by atoms with Gasteiger partial charge in [0.1, 0.15) is 11.8 Å². The lowest BCUT2D eigenvalue weighted by Gasteiger charge is -2.19. The molecule has 2 N–H and O–H groups in total. The standard InChI is InChI=1S/C22H18ClF3N2O4S/c1-32-19-10-7-14(12-15(19)23)33(30,31)28-18(11-13-5-3-2-4-6-13)22(29)27-17-9-8-16(24)20(25)21(17)26/h2-10,12,18,28H,11H2,1H3,(H,27,29). The van der Waals surface area contributed by atoms with Crippen molar-refractivity contribution in [2.75, 3.05) is 12.4 Å². The molecule has 3 aromatic carbocycles. The van der Waals surface area contributed by atoms with E-state index >= 15 is 0 Å². The zero-order valence-corrected chi connectivity index (χ0v) is 18.7. The van der Waals surface area contributed by atoms with Gasteiger partial charge in [-0.05, 0) is 42.3 Å². The monoisotopic (exact) mass is 498 g/mol. The largest absolute Gasteiger partial charge is 0.495 e. The third-order valence-corrected chi connectivity index (χ3v) is 6.39. The van der Waals surface area contributed by atoms with E-state index in [0.717, 1.165) is 12.1 Å². The van der Waals surface area contributed by atoms with E-state index in [0.29, 0.717) is 11.6 Å². The molecule has 0 aliphatic rings. The summed E-state index contributed by atoms with van der Waals surface area (Å²) >= 11 is 6.01. The summed E-state index contributed by atoms with van der Waals surface area (Å²) in [6.45, 7) is 0. The minimum atomic E-state index is -4.27. The maximum Gasteiger partial charge on any atom is 0.242 e. The molecule has 0 aromatic heterocycles. The molecule has 1 atom stereocenters. The zero-order valence-electron chi connectivity index (χ0n) is 17.1. The van der Waals surface area contributed by atoms with Crippen LogP contribution in [0.15, 0.2) is 65.6 Å². The van der Waals surface area contributed by atoms with Crippen LogP contribution in [0.3, 0.4) is 0 Å². The number of carbonyl (C=O) groups is 1. The zero-order chi connectivity index (χ0) is 24.2. The number of nitrogens with one attached hydrogen (secondary N) is 2. The number of hydrogen-bond acceptors (Lipinski definition) is 4. The molecule has 11 heteroatoms. The fourth-order valence-electron chi connectivity index (χ4n) is 2.95. The van der Waals surface area contributed by atoms with Gasteiger partial charge >= 0.3 is 0 Å². The third-order valence-electron chi connectivity index (χ3n) is 4.62. The first-order valence-electron chi connectivity index (χ1n) is 9.46. The summed E-state index contributed by atoms with van der Waals surface area (Å²) in [6, 6.07) is 12.2. The number of methoxy groups -OCH3 is 1. The van der Waals surface area contributed by atoms with Gasteiger partial charge in [-0.1, -0.05) is 41.9 Å². The van der Waals surface area contributed by atoms with E-state index in [1.165, 1.54) is 19.2 Å². The molecule has 0 aliphatic carbocycles. The number of hydrogen-bond donors (Lipinski definition) is 2. The van der Waals surface area contributed by atoms with Crippen molar-refractivity contribution in [3.8, 4) is 5.75 Å². The number of carbonyl (C=O) groups excluding carboxylic acids is 1. The Morgan fingerprint density at radius 2 is 1.73 bits per heavy atom. The second-order valence-electron chi connectivity index (χ2n) is 6.87. The van der Waals surface area contributed by atoms with E-state index in [1.807, 2.05) is 0 Å². The maximum absolute atomic E-state index is 14.0. The second kappa shape index (κ2) is 10.2. The Morgan fingerprint density at radius 1 is 1.03 bits per heavy atom. The summed E-state index contributed by atoms with van der Waals surface area (Å²) in [5.74, 6) is -5.52. The Kier molecular flexibility index (Phi) is 7.62. The molecule has 3 aromatic rings. The van der Waals surface area contributed by atoms with Gasteiger partial charge in [0.15, 0.2) is 17.5 Å². The predicted octanol–water partition coefficient (Wildman–Crippen LogP) is 4.29. The van der Waals surface area contributed by atoms with Crippen LogP contribution >= 0.6 is 11.6 Å². The lowest BCUT2D eigenvalue weighted by Crippen LogP contribution is -2.45. The molecule has 0 saturated heterocycles. The van der Waals surface area contributed by atoms with Gasteiger partial charge in [-0.25, -0.2) is 21.6 Å². The van der Waals surface area contributed by atoms with Gasteiger partial charge in [-0.2, -0.15) is 4.72 Å². The Morgan fingerprint density at radius 3 is 2.36 bits per heavy atom. The van der Waals surface area contributed by atoms with Crippen molar-refractivity contribution in [2.45, 2.75) is 17.4 Å². The van der Waals surface area contributed by atoms with E-state index in [9.17, 15) is 26.4 Å². The minimum Gasteiger partial charge on any atom is -0.495 e. The summed E-state index contributed by atoms with van der Waals surface area (Å²) in [6.07, 6.45) is -0.110. The predicted molar refractivity (Wildman–Crippen MR) is 117 cm³/mol. The summed E-state index contributed by atoms with van der Waals surface area (Å²) in [7, 11) is -2.90. The van der Waals surface area contributed by atoms with E-state index in [2.05, 4.69) is 10.0 Å². The summed E-state index contributed by atoms with van der Waals surface area (Å²) in [5, 5.41) is 2.14. The van der Waals surface area contributed by atoms with Gasteiger partial charge in [0.25, 0.3) is 0 Å². The highest BCUT2D eigenvalue weighted by Crippen LogP contribution is 2.27. The van der Waals surface area contributed by atoms with Gasteiger partial charge in [0.2, 0.25) is 15.9 Å². The van der Waals surface area contributed by atoms with E-state index in [4.69, 9.17) is 16.3 Å². The molecular weight excluding hydrogens is 481 g/mol. The lowest BCUT2D eigenvalue weighted by molar-refractivity contribution is -0.117. The van der Waals surface area contributed by atoms with Crippen LogP contribution < -0.4 is 14.8 Å². The SMILES string of the molecule is COc1ccc(S(=O)(=O)NC(Cc2ccccc2)C(=O)Nc2ccc(F)c(F)c2F)cc1Cl. The quantitative estimate of drug-likeness (QED) is 0.454. The molecular formula is C22H18ClF3N2O4S. The van der Waals surface area contributed by atoms with Crippen LogP contribution in [0.5, 0.6) is 5.75 Å². The van der Waals surface area contributed by atoms with E-state index in [-0.39, 0.29) is 22.1 Å². The third kappa shape index (κ3) is 5.84. The normalized spacial score (nSPS) is 12.3. The smallest absolute Gasteiger partial charge is 0.242 e. The topological polar surface area (TPSA) is 84.5 Å². The molecule has 33 heavy (non-hydrogen) atoms. The number of amides is 1. The van der Waals surface area contributed by atoms with E-state index < -0.39 is 45.1 Å². The summed E-state index contributed by atoms with van der Waals surface area (Å²) in [4.78, 5) is 12.6. The first-order chi connectivity index (χ1) is 15.6. The molecule has 0 bridgehead atoms. The van der Waals surface area contributed by atoms with Crippen molar-refractivity contribution in [2.24, 2.45) is 0 Å². The Hall–Kier alpha value is -3.08. The van der Waals surface area contributed by atoms with E-state index in [1.54, 1.807) is 30.3 Å². The second-order valence-corrected chi connectivity index (χ2v) is 8.99. The number of halogens is 4. The number of sulfonamides is 1. The summed E-state index contributed by atoms with van der Waals surface area (Å²) in [5.41, 5.74) is -0.0393. The number of anilines is 1. The van der Waals surface area contributed by atoms with Crippen molar-refractivity contribution >= 4 is 33.2 Å². The maximum atomic E-state index is 14.0. The van der Waals surface area contributed by atoms with Crippen LogP contribution in [0.25, 0.3) is 0 Å². The molecule has 0 fully saturated rings. The number of rotatable bonds is 8. The van der Waals surface area contributed by atoms with Crippen molar-refractivity contribution in [1.29, 1.82) is 0 Å². The first-order valence-corrected chi connectivity index (χ1v) is 11.3. The number of benzene rings is 3. The van der Waals surface area contributed by atoms with Gasteiger partial charge in [-0.3, -0.25) is 4.79 Å². The molecule has 6 nitrogen and oxygen atoms in total. The van der Waals surface area contributed by atoms with Gasteiger partial charge in [-0.15, -0.1) is 0 Å². The van der Waals surface area contributed by atoms with Crippen LogP contribution in [0.1, 0.15) is 5.56 Å². The van der Waals surface area contributed by atoms with Crippen LogP contribution in [0.4, 0.5) is 18.9 Å². The van der Waals surface area contributed by atoms with Crippen molar-refractivity contribution in [3.05, 3.63) is 88.7 Å². The highest BCUT2D eigenvalue weighted by atomic mass is 35.5. The average Bonchev–Trinajstić information content (AvgIpc) is 2.79. The van der Waals surface area contributed by atoms with Gasteiger partial charge in [0.05, 0.1) is 22.7 Å². The van der Waals surface area contributed by atoms with Crippen LogP contribution in [0.2, 0.25) is 5.02 Å². The fraction of sp³-hybridized carbons (Fsp3) is 0.136. The lowest BCUT2D eigenvalue weighted by atomic mass is 10.1. The number of ether oxygens (including phenoxy) is 1. The molecule has 1 unspecified atom stereocenters. The van der Waals surface area contributed by atoms with Crippen LogP contribution in [-0.2, 0) is 21.2 Å². The Balaban J connectivity index is 1.91.